The molecule has 0 aliphatic rings. The van der Waals surface area contributed by atoms with Crippen LogP contribution in [0.1, 0.15) is 36.7 Å². The van der Waals surface area contributed by atoms with Gasteiger partial charge in [-0.1, -0.05) is 26.0 Å². The van der Waals surface area contributed by atoms with Crippen molar-refractivity contribution in [3.05, 3.63) is 54.1 Å². The SMILES string of the molecule is CC(C)C(C)(CN)NC(=O)c1ccc(Cn2ccnc2)cc1. The van der Waals surface area contributed by atoms with Gasteiger partial charge in [-0.05, 0) is 30.5 Å². The number of nitrogens with two attached hydrogens (primary N) is 1. The van der Waals surface area contributed by atoms with Crippen LogP contribution in [0.25, 0.3) is 0 Å². The predicted octanol–water partition coefficient (Wildman–Crippen LogP) is 2.03. The Labute approximate surface area is 131 Å². The van der Waals surface area contributed by atoms with Crippen molar-refractivity contribution in [2.45, 2.75) is 32.9 Å². The molecule has 1 amide bonds. The lowest BCUT2D eigenvalue weighted by Crippen LogP contribution is -2.55. The van der Waals surface area contributed by atoms with E-state index in [0.717, 1.165) is 12.1 Å². The zero-order valence-corrected chi connectivity index (χ0v) is 13.4. The van der Waals surface area contributed by atoms with Gasteiger partial charge in [-0.2, -0.15) is 0 Å². The van der Waals surface area contributed by atoms with Crippen LogP contribution in [0.4, 0.5) is 0 Å². The van der Waals surface area contributed by atoms with E-state index < -0.39 is 5.54 Å². The van der Waals surface area contributed by atoms with Gasteiger partial charge in [0.2, 0.25) is 0 Å². The summed E-state index contributed by atoms with van der Waals surface area (Å²) in [6.45, 7) is 7.25. The third kappa shape index (κ3) is 3.74. The van der Waals surface area contributed by atoms with Crippen molar-refractivity contribution in [3.63, 3.8) is 0 Å². The molecule has 0 aliphatic heterocycles. The molecular weight excluding hydrogens is 276 g/mol. The molecule has 0 saturated heterocycles. The number of aromatic nitrogens is 2. The maximum Gasteiger partial charge on any atom is 0.251 e. The number of nitrogens with zero attached hydrogens (tertiary/aromatic N) is 2. The fraction of sp³-hybridized carbons (Fsp3) is 0.412. The van der Waals surface area contributed by atoms with Crippen LogP contribution in [0, 0.1) is 5.92 Å². The summed E-state index contributed by atoms with van der Waals surface area (Å²) in [5.74, 6) is 0.179. The molecule has 5 nitrogen and oxygen atoms in total. The maximum atomic E-state index is 12.4. The van der Waals surface area contributed by atoms with Gasteiger partial charge in [0.25, 0.3) is 5.91 Å². The molecule has 3 N–H and O–H groups in total. The van der Waals surface area contributed by atoms with Crippen molar-refractivity contribution in [2.75, 3.05) is 6.54 Å². The van der Waals surface area contributed by atoms with Crippen LogP contribution in [0.5, 0.6) is 0 Å². The molecule has 1 unspecified atom stereocenters. The van der Waals surface area contributed by atoms with Gasteiger partial charge in [0.15, 0.2) is 0 Å². The van der Waals surface area contributed by atoms with Gasteiger partial charge in [0.05, 0.1) is 11.9 Å². The van der Waals surface area contributed by atoms with Crippen molar-refractivity contribution in [1.82, 2.24) is 14.9 Å². The van der Waals surface area contributed by atoms with Gasteiger partial charge in [0.1, 0.15) is 0 Å². The molecule has 0 bridgehead atoms. The van der Waals surface area contributed by atoms with Crippen LogP contribution >= 0.6 is 0 Å². The Kier molecular flexibility index (Phi) is 4.98. The fourth-order valence-electron chi connectivity index (χ4n) is 2.12. The van der Waals surface area contributed by atoms with E-state index in [1.54, 1.807) is 12.5 Å². The first-order valence-corrected chi connectivity index (χ1v) is 7.52. The van der Waals surface area contributed by atoms with Gasteiger partial charge in [-0.25, -0.2) is 4.98 Å². The number of hydrogen-bond donors (Lipinski definition) is 2. The lowest BCUT2D eigenvalue weighted by molar-refractivity contribution is 0.0883. The summed E-state index contributed by atoms with van der Waals surface area (Å²) in [4.78, 5) is 16.4. The number of carbonyl (C=O) groups excluding carboxylic acids is 1. The molecule has 1 atom stereocenters. The molecule has 22 heavy (non-hydrogen) atoms. The molecule has 118 valence electrons. The van der Waals surface area contributed by atoms with E-state index in [9.17, 15) is 4.79 Å². The molecule has 0 aliphatic carbocycles. The number of nitrogens with one attached hydrogen (secondary N) is 1. The molecule has 2 aromatic rings. The lowest BCUT2D eigenvalue weighted by Gasteiger charge is -2.33. The molecule has 1 heterocycles. The van der Waals surface area contributed by atoms with Gasteiger partial charge in [0, 0.05) is 31.0 Å². The van der Waals surface area contributed by atoms with Crippen molar-refractivity contribution in [2.24, 2.45) is 11.7 Å². The summed E-state index contributed by atoms with van der Waals surface area (Å²) in [5.41, 5.74) is 7.19. The van der Waals surface area contributed by atoms with E-state index in [1.165, 1.54) is 0 Å². The molecule has 0 radical (unpaired) electrons. The van der Waals surface area contributed by atoms with Crippen LogP contribution in [-0.2, 0) is 6.54 Å². The summed E-state index contributed by atoms with van der Waals surface area (Å²) >= 11 is 0. The quantitative estimate of drug-likeness (QED) is 0.857. The Hall–Kier alpha value is -2.14. The Morgan fingerprint density at radius 1 is 1.36 bits per heavy atom. The number of benzene rings is 1. The first-order valence-electron chi connectivity index (χ1n) is 7.52. The van der Waals surface area contributed by atoms with Crippen LogP contribution in [0.3, 0.4) is 0 Å². The van der Waals surface area contributed by atoms with Gasteiger partial charge >= 0.3 is 0 Å². The Bertz CT molecular complexity index is 604. The highest BCUT2D eigenvalue weighted by Crippen LogP contribution is 2.16. The third-order valence-corrected chi connectivity index (χ3v) is 4.24. The fourth-order valence-corrected chi connectivity index (χ4v) is 2.12. The zero-order chi connectivity index (χ0) is 16.2. The van der Waals surface area contributed by atoms with Gasteiger partial charge in [-0.3, -0.25) is 4.79 Å². The third-order valence-electron chi connectivity index (χ3n) is 4.24. The smallest absolute Gasteiger partial charge is 0.251 e. The van der Waals surface area contributed by atoms with Crippen LogP contribution < -0.4 is 11.1 Å². The highest BCUT2D eigenvalue weighted by Gasteiger charge is 2.28. The van der Waals surface area contributed by atoms with Gasteiger partial charge in [-0.15, -0.1) is 0 Å². The maximum absolute atomic E-state index is 12.4. The van der Waals surface area contributed by atoms with Crippen molar-refractivity contribution in [3.8, 4) is 0 Å². The van der Waals surface area contributed by atoms with E-state index >= 15 is 0 Å². The highest BCUT2D eigenvalue weighted by molar-refractivity contribution is 5.94. The standard InChI is InChI=1S/C17H24N4O/c1-13(2)17(3,11-18)20-16(22)15-6-4-14(5-7-15)10-21-9-8-19-12-21/h4-9,12-13H,10-11,18H2,1-3H3,(H,20,22). The first kappa shape index (κ1) is 16.2. The topological polar surface area (TPSA) is 72.9 Å². The van der Waals surface area contributed by atoms with E-state index in [4.69, 9.17) is 5.73 Å². The molecule has 5 heteroatoms. The minimum Gasteiger partial charge on any atom is -0.345 e. The Morgan fingerprint density at radius 2 is 2.05 bits per heavy atom. The monoisotopic (exact) mass is 300 g/mol. The zero-order valence-electron chi connectivity index (χ0n) is 13.4. The summed E-state index contributed by atoms with van der Waals surface area (Å²) in [6, 6.07) is 7.62. The van der Waals surface area contributed by atoms with E-state index in [1.807, 2.05) is 42.0 Å². The number of imidazole rings is 1. The van der Waals surface area contributed by atoms with E-state index in [0.29, 0.717) is 12.1 Å². The van der Waals surface area contributed by atoms with Gasteiger partial charge < -0.3 is 15.6 Å². The van der Waals surface area contributed by atoms with Crippen molar-refractivity contribution >= 4 is 5.91 Å². The second-order valence-electron chi connectivity index (χ2n) is 6.16. The summed E-state index contributed by atoms with van der Waals surface area (Å²) in [6.07, 6.45) is 5.44. The average molecular weight is 300 g/mol. The second kappa shape index (κ2) is 6.75. The molecule has 0 saturated carbocycles. The number of amides is 1. The minimum absolute atomic E-state index is 0.0872. The molecular formula is C17H24N4O. The molecule has 0 spiro atoms. The van der Waals surface area contributed by atoms with Crippen LogP contribution in [0.15, 0.2) is 43.0 Å². The largest absolute Gasteiger partial charge is 0.345 e. The van der Waals surface area contributed by atoms with Crippen molar-refractivity contribution in [1.29, 1.82) is 0 Å². The average Bonchev–Trinajstić information content (AvgIpc) is 3.00. The minimum atomic E-state index is -0.396. The molecule has 1 aromatic carbocycles. The Morgan fingerprint density at radius 3 is 2.55 bits per heavy atom. The first-order chi connectivity index (χ1) is 10.4. The number of hydrogen-bond acceptors (Lipinski definition) is 3. The second-order valence-corrected chi connectivity index (χ2v) is 6.16. The summed E-state index contributed by atoms with van der Waals surface area (Å²) in [5, 5.41) is 3.04. The highest BCUT2D eigenvalue weighted by atomic mass is 16.1. The van der Waals surface area contributed by atoms with Crippen LogP contribution in [-0.4, -0.2) is 27.5 Å². The predicted molar refractivity (Wildman–Crippen MR) is 87.5 cm³/mol. The number of carbonyl (C=O) groups is 1. The molecule has 0 fully saturated rings. The normalized spacial score (nSPS) is 13.9. The summed E-state index contributed by atoms with van der Waals surface area (Å²) in [7, 11) is 0. The van der Waals surface area contributed by atoms with E-state index in [2.05, 4.69) is 24.1 Å². The lowest BCUT2D eigenvalue weighted by atomic mass is 9.88. The van der Waals surface area contributed by atoms with Crippen molar-refractivity contribution < 1.29 is 4.79 Å². The van der Waals surface area contributed by atoms with E-state index in [-0.39, 0.29) is 11.8 Å². The Balaban J connectivity index is 2.05. The molecule has 2 rings (SSSR count). The number of rotatable bonds is 6. The van der Waals surface area contributed by atoms with Crippen LogP contribution in [0.2, 0.25) is 0 Å². The molecule has 1 aromatic heterocycles. The summed E-state index contributed by atoms with van der Waals surface area (Å²) < 4.78 is 1.99.